The molecule has 0 aliphatic heterocycles. The van der Waals surface area contributed by atoms with E-state index in [0.29, 0.717) is 24.3 Å². The van der Waals surface area contributed by atoms with Crippen molar-refractivity contribution in [2.45, 2.75) is 65.2 Å². The Morgan fingerprint density at radius 2 is 1.03 bits per heavy atom. The monoisotopic (exact) mass is 480 g/mol. The fourth-order valence-electron chi connectivity index (χ4n) is 4.18. The smallest absolute Gasteiger partial charge is 0.128 e. The second kappa shape index (κ2) is 14.6. The Balaban J connectivity index is 2.05. The van der Waals surface area contributed by atoms with Crippen molar-refractivity contribution in [1.82, 2.24) is 0 Å². The number of nitriles is 2. The van der Waals surface area contributed by atoms with Crippen LogP contribution in [0, 0.1) is 22.7 Å². The van der Waals surface area contributed by atoms with E-state index >= 15 is 0 Å². The van der Waals surface area contributed by atoms with Crippen molar-refractivity contribution in [1.29, 1.82) is 10.5 Å². The molecule has 0 saturated heterocycles. The highest BCUT2D eigenvalue weighted by Gasteiger charge is 2.16. The van der Waals surface area contributed by atoms with Crippen molar-refractivity contribution in [2.24, 2.45) is 0 Å². The number of rotatable bonds is 14. The van der Waals surface area contributed by atoms with Gasteiger partial charge in [-0.1, -0.05) is 76.6 Å². The van der Waals surface area contributed by atoms with Gasteiger partial charge in [0.1, 0.15) is 11.5 Å². The van der Waals surface area contributed by atoms with Gasteiger partial charge in [0.2, 0.25) is 0 Å². The SMILES string of the molecule is CCCCCCOc1cc(-c2cccc(C#N)c2)c(OCCCCCC)cc1-c1cccc(C#N)c1. The molecule has 0 radical (unpaired) electrons. The number of hydrogen-bond acceptors (Lipinski definition) is 4. The van der Waals surface area contributed by atoms with Crippen LogP contribution in [-0.2, 0) is 0 Å². The van der Waals surface area contributed by atoms with Crippen LogP contribution in [-0.4, -0.2) is 13.2 Å². The minimum absolute atomic E-state index is 0.606. The summed E-state index contributed by atoms with van der Waals surface area (Å²) in [6.07, 6.45) is 8.97. The molecule has 36 heavy (non-hydrogen) atoms. The summed E-state index contributed by atoms with van der Waals surface area (Å²) in [6, 6.07) is 23.7. The van der Waals surface area contributed by atoms with E-state index in [-0.39, 0.29) is 0 Å². The lowest BCUT2D eigenvalue weighted by atomic mass is 9.96. The lowest BCUT2D eigenvalue weighted by Crippen LogP contribution is -2.03. The molecule has 3 aromatic rings. The van der Waals surface area contributed by atoms with E-state index in [2.05, 4.69) is 26.0 Å². The predicted molar refractivity (Wildman–Crippen MR) is 146 cm³/mol. The number of ether oxygens (including phenoxy) is 2. The van der Waals surface area contributed by atoms with E-state index in [4.69, 9.17) is 9.47 Å². The Morgan fingerprint density at radius 3 is 1.42 bits per heavy atom. The summed E-state index contributed by atoms with van der Waals surface area (Å²) in [7, 11) is 0. The van der Waals surface area contributed by atoms with E-state index in [9.17, 15) is 10.5 Å². The van der Waals surface area contributed by atoms with Gasteiger partial charge in [0, 0.05) is 11.1 Å². The third kappa shape index (κ3) is 7.62. The average Bonchev–Trinajstić information content (AvgIpc) is 2.93. The molecule has 0 saturated carbocycles. The standard InChI is InChI=1S/C32H36N2O2/c1-3-5-7-9-17-35-31-21-30(28-16-12-14-26(20-28)24-34)32(36-18-10-8-6-4-2)22-29(31)27-15-11-13-25(19-27)23-33/h11-16,19-22H,3-10,17-18H2,1-2H3. The molecule has 0 atom stereocenters. The van der Waals surface area contributed by atoms with Gasteiger partial charge in [-0.2, -0.15) is 10.5 Å². The summed E-state index contributed by atoms with van der Waals surface area (Å²) in [6.45, 7) is 5.65. The molecule has 3 rings (SSSR count). The zero-order valence-electron chi connectivity index (χ0n) is 21.6. The van der Waals surface area contributed by atoms with Crippen LogP contribution < -0.4 is 9.47 Å². The van der Waals surface area contributed by atoms with Crippen LogP contribution in [0.1, 0.15) is 76.3 Å². The van der Waals surface area contributed by atoms with Crippen molar-refractivity contribution in [3.05, 3.63) is 71.8 Å². The largest absolute Gasteiger partial charge is 0.493 e. The normalized spacial score (nSPS) is 10.4. The Kier molecular flexibility index (Phi) is 10.9. The molecule has 0 aromatic heterocycles. The molecule has 0 heterocycles. The van der Waals surface area contributed by atoms with E-state index < -0.39 is 0 Å². The molecule has 0 fully saturated rings. The highest BCUT2D eigenvalue weighted by atomic mass is 16.5. The molecule has 4 heteroatoms. The number of nitrogens with zero attached hydrogens (tertiary/aromatic N) is 2. The van der Waals surface area contributed by atoms with Crippen molar-refractivity contribution < 1.29 is 9.47 Å². The summed E-state index contributed by atoms with van der Waals surface area (Å²) in [5.74, 6) is 1.52. The first-order chi connectivity index (χ1) is 17.7. The lowest BCUT2D eigenvalue weighted by molar-refractivity contribution is 0.299. The summed E-state index contributed by atoms with van der Waals surface area (Å²) < 4.78 is 12.7. The fourth-order valence-corrected chi connectivity index (χ4v) is 4.18. The molecule has 0 amide bonds. The maximum atomic E-state index is 9.45. The van der Waals surface area contributed by atoms with Crippen LogP contribution in [0.3, 0.4) is 0 Å². The van der Waals surface area contributed by atoms with Crippen LogP contribution in [0.25, 0.3) is 22.3 Å². The molecule has 3 aromatic carbocycles. The zero-order chi connectivity index (χ0) is 25.6. The Labute approximate surface area is 216 Å². The summed E-state index contributed by atoms with van der Waals surface area (Å²) in [5.41, 5.74) is 4.87. The average molecular weight is 481 g/mol. The second-order valence-electron chi connectivity index (χ2n) is 9.05. The van der Waals surface area contributed by atoms with E-state index in [0.717, 1.165) is 59.4 Å². The predicted octanol–water partition coefficient (Wildman–Crippen LogP) is 8.68. The summed E-state index contributed by atoms with van der Waals surface area (Å²) >= 11 is 0. The minimum Gasteiger partial charge on any atom is -0.493 e. The van der Waals surface area contributed by atoms with Gasteiger partial charge in [-0.15, -0.1) is 0 Å². The maximum Gasteiger partial charge on any atom is 0.128 e. The third-order valence-electron chi connectivity index (χ3n) is 6.20. The molecule has 186 valence electrons. The molecule has 4 nitrogen and oxygen atoms in total. The van der Waals surface area contributed by atoms with Crippen LogP contribution in [0.2, 0.25) is 0 Å². The van der Waals surface area contributed by atoms with Gasteiger partial charge in [-0.05, 0) is 60.4 Å². The zero-order valence-corrected chi connectivity index (χ0v) is 21.6. The number of hydrogen-bond donors (Lipinski definition) is 0. The molecular formula is C32H36N2O2. The van der Waals surface area contributed by atoms with Crippen molar-refractivity contribution in [3.63, 3.8) is 0 Å². The number of benzene rings is 3. The van der Waals surface area contributed by atoms with Crippen LogP contribution in [0.15, 0.2) is 60.7 Å². The minimum atomic E-state index is 0.606. The molecule has 0 bridgehead atoms. The van der Waals surface area contributed by atoms with Gasteiger partial charge in [0.25, 0.3) is 0 Å². The van der Waals surface area contributed by atoms with Gasteiger partial charge in [-0.3, -0.25) is 0 Å². The van der Waals surface area contributed by atoms with Gasteiger partial charge in [0.15, 0.2) is 0 Å². The molecule has 0 aliphatic carbocycles. The van der Waals surface area contributed by atoms with Gasteiger partial charge < -0.3 is 9.47 Å². The van der Waals surface area contributed by atoms with Crippen LogP contribution in [0.5, 0.6) is 11.5 Å². The Morgan fingerprint density at radius 1 is 0.583 bits per heavy atom. The van der Waals surface area contributed by atoms with Crippen LogP contribution >= 0.6 is 0 Å². The van der Waals surface area contributed by atoms with Crippen molar-refractivity contribution in [2.75, 3.05) is 13.2 Å². The van der Waals surface area contributed by atoms with Crippen LogP contribution in [0.4, 0.5) is 0 Å². The second-order valence-corrected chi connectivity index (χ2v) is 9.05. The number of unbranched alkanes of at least 4 members (excludes halogenated alkanes) is 6. The summed E-state index contributed by atoms with van der Waals surface area (Å²) in [4.78, 5) is 0. The first kappa shape index (κ1) is 26.8. The molecule has 0 spiro atoms. The van der Waals surface area contributed by atoms with Gasteiger partial charge in [0.05, 0.1) is 36.5 Å². The van der Waals surface area contributed by atoms with E-state index in [1.807, 2.05) is 60.7 Å². The lowest BCUT2D eigenvalue weighted by Gasteiger charge is -2.19. The van der Waals surface area contributed by atoms with E-state index in [1.54, 1.807) is 0 Å². The fraction of sp³-hybridized carbons (Fsp3) is 0.375. The van der Waals surface area contributed by atoms with Gasteiger partial charge in [-0.25, -0.2) is 0 Å². The quantitative estimate of drug-likeness (QED) is 0.216. The van der Waals surface area contributed by atoms with Crippen molar-refractivity contribution in [3.8, 4) is 45.9 Å². The summed E-state index contributed by atoms with van der Waals surface area (Å²) in [5, 5.41) is 18.9. The molecule has 0 aliphatic rings. The van der Waals surface area contributed by atoms with Gasteiger partial charge >= 0.3 is 0 Å². The maximum absolute atomic E-state index is 9.45. The van der Waals surface area contributed by atoms with Crippen molar-refractivity contribution >= 4 is 0 Å². The van der Waals surface area contributed by atoms with E-state index in [1.165, 1.54) is 25.7 Å². The highest BCUT2D eigenvalue weighted by Crippen LogP contribution is 2.41. The Hall–Kier alpha value is -3.76. The molecule has 0 N–H and O–H groups in total. The highest BCUT2D eigenvalue weighted by molar-refractivity contribution is 5.82. The first-order valence-electron chi connectivity index (χ1n) is 13.1. The molecular weight excluding hydrogens is 444 g/mol. The third-order valence-corrected chi connectivity index (χ3v) is 6.20. The Bertz CT molecular complexity index is 1110. The topological polar surface area (TPSA) is 66.0 Å². The first-order valence-corrected chi connectivity index (χ1v) is 13.1. The molecule has 0 unspecified atom stereocenters.